The van der Waals surface area contributed by atoms with Gasteiger partial charge in [0.2, 0.25) is 6.29 Å². The molecule has 1 aliphatic rings. The molecule has 6 heteroatoms. The Morgan fingerprint density at radius 3 is 2.42 bits per heavy atom. The fourth-order valence-electron chi connectivity index (χ4n) is 1.79. The van der Waals surface area contributed by atoms with Gasteiger partial charge in [-0.1, -0.05) is 0 Å². The van der Waals surface area contributed by atoms with E-state index in [1.807, 2.05) is 0 Å². The van der Waals surface area contributed by atoms with Gasteiger partial charge in [-0.3, -0.25) is 4.79 Å². The lowest BCUT2D eigenvalue weighted by Crippen LogP contribution is -2.54. The monoisotopic (exact) mass is 268 g/mol. The first kappa shape index (κ1) is 14.0. The summed E-state index contributed by atoms with van der Waals surface area (Å²) in [5.74, 6) is 0.344. The Balaban J connectivity index is 2.03. The van der Waals surface area contributed by atoms with Crippen molar-refractivity contribution in [2.75, 3.05) is 6.61 Å². The van der Waals surface area contributed by atoms with E-state index < -0.39 is 24.6 Å². The van der Waals surface area contributed by atoms with Crippen LogP contribution in [0.3, 0.4) is 0 Å². The first-order valence-corrected chi connectivity index (χ1v) is 5.92. The van der Waals surface area contributed by atoms with Crippen LogP contribution in [0.15, 0.2) is 24.3 Å². The number of carbonyl (C=O) groups excluding carboxylic acids is 1. The number of Topliss-reactive ketones (excluding diaryl/α,β-unsaturated/α-hetero) is 1. The third-order valence-corrected chi connectivity index (χ3v) is 2.97. The van der Waals surface area contributed by atoms with E-state index in [0.29, 0.717) is 11.3 Å². The minimum atomic E-state index is -1.34. The summed E-state index contributed by atoms with van der Waals surface area (Å²) in [6, 6.07) is 6.34. The number of ether oxygens (including phenoxy) is 2. The molecule has 0 aliphatic carbocycles. The molecule has 1 aromatic carbocycles. The Morgan fingerprint density at radius 1 is 1.21 bits per heavy atom. The van der Waals surface area contributed by atoms with Gasteiger partial charge in [0.15, 0.2) is 5.78 Å². The van der Waals surface area contributed by atoms with E-state index in [9.17, 15) is 20.1 Å². The minimum Gasteiger partial charge on any atom is -0.462 e. The molecule has 1 aromatic rings. The highest BCUT2D eigenvalue weighted by molar-refractivity contribution is 5.94. The maximum absolute atomic E-state index is 11.1. The molecule has 0 unspecified atom stereocenters. The fraction of sp³-hybridized carbons (Fsp3) is 0.462. The normalized spacial score (nSPS) is 30.9. The predicted molar refractivity (Wildman–Crippen MR) is 64.8 cm³/mol. The molecule has 0 amide bonds. The van der Waals surface area contributed by atoms with Gasteiger partial charge < -0.3 is 24.8 Å². The van der Waals surface area contributed by atoms with Crippen molar-refractivity contribution in [2.45, 2.75) is 31.5 Å². The number of rotatable bonds is 3. The molecule has 0 spiro atoms. The molecule has 104 valence electrons. The van der Waals surface area contributed by atoms with E-state index >= 15 is 0 Å². The number of carbonyl (C=O) groups is 1. The molecule has 0 saturated carbocycles. The zero-order valence-electron chi connectivity index (χ0n) is 10.4. The van der Waals surface area contributed by atoms with Gasteiger partial charge in [0.05, 0.1) is 6.61 Å². The van der Waals surface area contributed by atoms with Crippen molar-refractivity contribution in [3.05, 3.63) is 29.8 Å². The number of benzene rings is 1. The molecule has 0 aromatic heterocycles. The molecule has 0 radical (unpaired) electrons. The van der Waals surface area contributed by atoms with Gasteiger partial charge in [-0.2, -0.15) is 0 Å². The zero-order chi connectivity index (χ0) is 14.0. The van der Waals surface area contributed by atoms with Gasteiger partial charge in [-0.25, -0.2) is 0 Å². The third-order valence-electron chi connectivity index (χ3n) is 2.97. The van der Waals surface area contributed by atoms with Crippen molar-refractivity contribution in [1.82, 2.24) is 0 Å². The van der Waals surface area contributed by atoms with E-state index in [4.69, 9.17) is 9.47 Å². The Bertz CT molecular complexity index is 443. The largest absolute Gasteiger partial charge is 0.462 e. The van der Waals surface area contributed by atoms with Crippen LogP contribution < -0.4 is 4.74 Å². The van der Waals surface area contributed by atoms with E-state index in [2.05, 4.69) is 0 Å². The molecule has 3 N–H and O–H groups in total. The van der Waals surface area contributed by atoms with Crippen LogP contribution in [-0.4, -0.2) is 52.3 Å². The molecular formula is C13H16O6. The maximum Gasteiger partial charge on any atom is 0.228 e. The van der Waals surface area contributed by atoms with Crippen LogP contribution >= 0.6 is 0 Å². The van der Waals surface area contributed by atoms with Crippen molar-refractivity contribution < 1.29 is 29.6 Å². The Kier molecular flexibility index (Phi) is 4.16. The molecule has 19 heavy (non-hydrogen) atoms. The molecule has 2 rings (SSSR count). The van der Waals surface area contributed by atoms with Crippen LogP contribution in [0.2, 0.25) is 0 Å². The lowest BCUT2D eigenvalue weighted by molar-refractivity contribution is -0.242. The van der Waals surface area contributed by atoms with Crippen molar-refractivity contribution in [1.29, 1.82) is 0 Å². The molecule has 0 bridgehead atoms. The van der Waals surface area contributed by atoms with Crippen LogP contribution in [0, 0.1) is 0 Å². The first-order chi connectivity index (χ1) is 8.99. The van der Waals surface area contributed by atoms with E-state index in [0.717, 1.165) is 0 Å². The highest BCUT2D eigenvalue weighted by atomic mass is 16.7. The second kappa shape index (κ2) is 5.66. The van der Waals surface area contributed by atoms with Gasteiger partial charge >= 0.3 is 0 Å². The average molecular weight is 268 g/mol. The van der Waals surface area contributed by atoms with Crippen LogP contribution in [0.4, 0.5) is 0 Å². The number of aliphatic hydroxyl groups excluding tert-OH is 3. The summed E-state index contributed by atoms with van der Waals surface area (Å²) < 4.78 is 10.5. The van der Waals surface area contributed by atoms with Gasteiger partial charge in [-0.15, -0.1) is 0 Å². The summed E-state index contributed by atoms with van der Waals surface area (Å²) in [6.07, 6.45) is -4.83. The molecule has 4 atom stereocenters. The second-order valence-corrected chi connectivity index (χ2v) is 4.45. The summed E-state index contributed by atoms with van der Waals surface area (Å²) >= 11 is 0. The SMILES string of the molecule is CC(=O)c1ccc(O[C@@H]2OC[C@@H](O)[C@H](O)[C@H]2O)cc1. The first-order valence-electron chi connectivity index (χ1n) is 5.92. The Hall–Kier alpha value is -1.47. The van der Waals surface area contributed by atoms with Crippen LogP contribution in [-0.2, 0) is 4.74 Å². The summed E-state index contributed by atoms with van der Waals surface area (Å²) in [7, 11) is 0. The topological polar surface area (TPSA) is 96.2 Å². The van der Waals surface area contributed by atoms with Crippen molar-refractivity contribution in [3.8, 4) is 5.75 Å². The van der Waals surface area contributed by atoms with Gasteiger partial charge in [0.1, 0.15) is 24.1 Å². The summed E-state index contributed by atoms with van der Waals surface area (Å²) in [4.78, 5) is 11.1. The van der Waals surface area contributed by atoms with Crippen molar-refractivity contribution in [2.24, 2.45) is 0 Å². The van der Waals surface area contributed by atoms with Crippen molar-refractivity contribution >= 4 is 5.78 Å². The number of aliphatic hydroxyl groups is 3. The quantitative estimate of drug-likeness (QED) is 0.652. The highest BCUT2D eigenvalue weighted by Gasteiger charge is 2.38. The molecule has 1 heterocycles. The number of hydrogen-bond acceptors (Lipinski definition) is 6. The van der Waals surface area contributed by atoms with Gasteiger partial charge in [-0.05, 0) is 31.2 Å². The highest BCUT2D eigenvalue weighted by Crippen LogP contribution is 2.21. The molecule has 6 nitrogen and oxygen atoms in total. The zero-order valence-corrected chi connectivity index (χ0v) is 10.4. The average Bonchev–Trinajstić information content (AvgIpc) is 2.40. The van der Waals surface area contributed by atoms with Crippen molar-refractivity contribution in [3.63, 3.8) is 0 Å². The Labute approximate surface area is 110 Å². The predicted octanol–water partition coefficient (Wildman–Crippen LogP) is -0.293. The lowest BCUT2D eigenvalue weighted by atomic mass is 10.1. The summed E-state index contributed by atoms with van der Waals surface area (Å²) in [6.45, 7) is 1.34. The van der Waals surface area contributed by atoms with E-state index in [1.54, 1.807) is 24.3 Å². The van der Waals surface area contributed by atoms with E-state index in [1.165, 1.54) is 6.92 Å². The standard InChI is InChI=1S/C13H16O6/c1-7(14)8-2-4-9(5-3-8)19-13-12(17)11(16)10(15)6-18-13/h2-5,10-13,15-17H,6H2,1H3/t10-,11+,12-,13+/m1/s1. The number of ketones is 1. The Morgan fingerprint density at radius 2 is 1.84 bits per heavy atom. The second-order valence-electron chi connectivity index (χ2n) is 4.45. The molecule has 1 saturated heterocycles. The van der Waals surface area contributed by atoms with Gasteiger partial charge in [0.25, 0.3) is 0 Å². The summed E-state index contributed by atoms with van der Waals surface area (Å²) in [5.41, 5.74) is 0.549. The third kappa shape index (κ3) is 3.10. The molecule has 1 aliphatic heterocycles. The van der Waals surface area contributed by atoms with Crippen LogP contribution in [0.1, 0.15) is 17.3 Å². The number of hydrogen-bond donors (Lipinski definition) is 3. The van der Waals surface area contributed by atoms with Gasteiger partial charge in [0, 0.05) is 5.56 Å². The summed E-state index contributed by atoms with van der Waals surface area (Å²) in [5, 5.41) is 28.5. The van der Waals surface area contributed by atoms with Crippen LogP contribution in [0.5, 0.6) is 5.75 Å². The van der Waals surface area contributed by atoms with E-state index in [-0.39, 0.29) is 12.4 Å². The lowest BCUT2D eigenvalue weighted by Gasteiger charge is -2.34. The van der Waals surface area contributed by atoms with Crippen LogP contribution in [0.25, 0.3) is 0 Å². The molecular weight excluding hydrogens is 252 g/mol. The fourth-order valence-corrected chi connectivity index (χ4v) is 1.79. The maximum atomic E-state index is 11.1. The molecule has 1 fully saturated rings. The smallest absolute Gasteiger partial charge is 0.228 e. The minimum absolute atomic E-state index is 0.0564.